The summed E-state index contributed by atoms with van der Waals surface area (Å²) in [6, 6.07) is 4.38. The van der Waals surface area contributed by atoms with Crippen LogP contribution in [-0.2, 0) is 5.54 Å². The van der Waals surface area contributed by atoms with E-state index in [1.165, 1.54) is 34.7 Å². The summed E-state index contributed by atoms with van der Waals surface area (Å²) in [6.07, 6.45) is 6.98. The van der Waals surface area contributed by atoms with Gasteiger partial charge < -0.3 is 15.0 Å². The Bertz CT molecular complexity index is 841. The van der Waals surface area contributed by atoms with Crippen molar-refractivity contribution in [2.24, 2.45) is 23.7 Å². The third-order valence-electron chi connectivity index (χ3n) is 6.23. The van der Waals surface area contributed by atoms with Crippen LogP contribution in [0.2, 0.25) is 0 Å². The van der Waals surface area contributed by atoms with Crippen molar-refractivity contribution in [1.29, 1.82) is 0 Å². The lowest BCUT2D eigenvalue weighted by Crippen LogP contribution is -2.38. The second-order valence-electron chi connectivity index (χ2n) is 8.75. The molecule has 138 valence electrons. The fraction of sp³-hybridized carbons (Fsp3) is 0.571. The van der Waals surface area contributed by atoms with Gasteiger partial charge in [-0.05, 0) is 69.7 Å². The first kappa shape index (κ1) is 16.7. The van der Waals surface area contributed by atoms with E-state index in [4.69, 9.17) is 4.98 Å². The zero-order valence-corrected chi connectivity index (χ0v) is 16.5. The van der Waals surface area contributed by atoms with Crippen LogP contribution in [0.1, 0.15) is 32.5 Å². The smallest absolute Gasteiger partial charge is 0.138 e. The largest absolute Gasteiger partial charge is 0.377 e. The molecular formula is C21H28N4S. The highest BCUT2D eigenvalue weighted by atomic mass is 32.2. The van der Waals surface area contributed by atoms with Crippen molar-refractivity contribution >= 4 is 17.3 Å². The van der Waals surface area contributed by atoms with Gasteiger partial charge in [-0.2, -0.15) is 0 Å². The van der Waals surface area contributed by atoms with Crippen LogP contribution in [0.25, 0.3) is 5.52 Å². The van der Waals surface area contributed by atoms with Crippen molar-refractivity contribution in [2.45, 2.75) is 37.1 Å². The quantitative estimate of drug-likeness (QED) is 0.732. The van der Waals surface area contributed by atoms with Crippen LogP contribution in [0.5, 0.6) is 0 Å². The molecule has 3 heterocycles. The molecule has 1 aliphatic heterocycles. The molecule has 0 bridgehead atoms. The van der Waals surface area contributed by atoms with E-state index in [0.717, 1.165) is 36.7 Å². The van der Waals surface area contributed by atoms with Gasteiger partial charge in [0.05, 0.1) is 17.3 Å². The molecule has 5 rings (SSSR count). The average Bonchev–Trinajstić information content (AvgIpc) is 3.46. The molecule has 2 N–H and O–H groups in total. The summed E-state index contributed by atoms with van der Waals surface area (Å²) in [4.78, 5) is 6.15. The van der Waals surface area contributed by atoms with E-state index in [1.807, 2.05) is 18.0 Å². The molecule has 3 fully saturated rings. The number of fused-ring (bicyclic) bond motifs is 2. The first-order valence-corrected chi connectivity index (χ1v) is 10.8. The number of thioether (sulfide) groups is 1. The van der Waals surface area contributed by atoms with E-state index in [2.05, 4.69) is 53.8 Å². The minimum Gasteiger partial charge on any atom is -0.377 e. The molecule has 2 unspecified atom stereocenters. The molecule has 0 aromatic carbocycles. The Morgan fingerprint density at radius 3 is 2.88 bits per heavy atom. The summed E-state index contributed by atoms with van der Waals surface area (Å²) in [7, 11) is 0. The van der Waals surface area contributed by atoms with E-state index < -0.39 is 0 Å². The number of hydrogen-bond donors (Lipinski definition) is 2. The van der Waals surface area contributed by atoms with E-state index >= 15 is 0 Å². The summed E-state index contributed by atoms with van der Waals surface area (Å²) in [5.74, 6) is 5.42. The van der Waals surface area contributed by atoms with Crippen LogP contribution in [0.4, 0.5) is 0 Å². The molecule has 2 saturated carbocycles. The zero-order chi connectivity index (χ0) is 17.9. The fourth-order valence-corrected chi connectivity index (χ4v) is 5.77. The van der Waals surface area contributed by atoms with Crippen LogP contribution >= 0.6 is 11.8 Å². The van der Waals surface area contributed by atoms with Gasteiger partial charge in [0.2, 0.25) is 0 Å². The van der Waals surface area contributed by atoms with Gasteiger partial charge in [-0.3, -0.25) is 0 Å². The monoisotopic (exact) mass is 368 g/mol. The molecule has 2 aromatic rings. The van der Waals surface area contributed by atoms with Gasteiger partial charge in [0.15, 0.2) is 0 Å². The predicted molar refractivity (Wildman–Crippen MR) is 107 cm³/mol. The first-order chi connectivity index (χ1) is 12.5. The maximum Gasteiger partial charge on any atom is 0.138 e. The van der Waals surface area contributed by atoms with Crippen molar-refractivity contribution in [3.8, 4) is 0 Å². The van der Waals surface area contributed by atoms with Gasteiger partial charge >= 0.3 is 0 Å². The van der Waals surface area contributed by atoms with Crippen LogP contribution in [0, 0.1) is 23.7 Å². The maximum absolute atomic E-state index is 4.81. The highest BCUT2D eigenvalue weighted by Gasteiger charge is 2.54. The van der Waals surface area contributed by atoms with Crippen LogP contribution in [0.3, 0.4) is 0 Å². The lowest BCUT2D eigenvalue weighted by atomic mass is 10.0. The SMILES string of the molecule is C=C(NC(C)(C)c1ncc2c(SCC3CC3)cccn12)C1C2CNCC21. The number of nitrogens with one attached hydrogen (secondary N) is 2. The number of allylic oxidation sites excluding steroid dienone is 1. The second-order valence-corrected chi connectivity index (χ2v) is 9.81. The highest BCUT2D eigenvalue weighted by molar-refractivity contribution is 7.99. The normalized spacial score (nSPS) is 27.5. The van der Waals surface area contributed by atoms with Crippen molar-refractivity contribution < 1.29 is 0 Å². The van der Waals surface area contributed by atoms with E-state index in [1.54, 1.807) is 0 Å². The molecule has 2 aliphatic carbocycles. The van der Waals surface area contributed by atoms with Gasteiger partial charge in [-0.15, -0.1) is 11.8 Å². The first-order valence-electron chi connectivity index (χ1n) is 9.81. The Morgan fingerprint density at radius 2 is 2.15 bits per heavy atom. The summed E-state index contributed by atoms with van der Waals surface area (Å²) >= 11 is 1.98. The molecule has 0 amide bonds. The number of piperidine rings is 1. The summed E-state index contributed by atoms with van der Waals surface area (Å²) < 4.78 is 2.25. The fourth-order valence-electron chi connectivity index (χ4n) is 4.55. The van der Waals surface area contributed by atoms with Crippen LogP contribution in [0.15, 0.2) is 41.7 Å². The summed E-state index contributed by atoms with van der Waals surface area (Å²) in [5, 5.41) is 7.17. The van der Waals surface area contributed by atoms with Crippen LogP contribution in [-0.4, -0.2) is 28.2 Å². The van der Waals surface area contributed by atoms with Gasteiger partial charge in [-0.1, -0.05) is 6.58 Å². The Balaban J connectivity index is 1.36. The number of nitrogens with zero attached hydrogens (tertiary/aromatic N) is 2. The van der Waals surface area contributed by atoms with Gasteiger partial charge in [0.25, 0.3) is 0 Å². The molecule has 0 radical (unpaired) electrons. The third kappa shape index (κ3) is 2.85. The topological polar surface area (TPSA) is 41.4 Å². The van der Waals surface area contributed by atoms with Crippen molar-refractivity contribution in [3.05, 3.63) is 42.6 Å². The minimum absolute atomic E-state index is 0.242. The maximum atomic E-state index is 4.81. The minimum atomic E-state index is -0.242. The molecular weight excluding hydrogens is 340 g/mol. The summed E-state index contributed by atoms with van der Waals surface area (Å²) in [6.45, 7) is 11.1. The molecule has 0 spiro atoms. The Labute approximate surface area is 159 Å². The third-order valence-corrected chi connectivity index (χ3v) is 7.52. The average molecular weight is 369 g/mol. The van der Waals surface area contributed by atoms with Gasteiger partial charge in [0.1, 0.15) is 5.82 Å². The van der Waals surface area contributed by atoms with Crippen molar-refractivity contribution in [2.75, 3.05) is 18.8 Å². The predicted octanol–water partition coefficient (Wildman–Crippen LogP) is 3.64. The molecule has 2 atom stereocenters. The number of hydrogen-bond acceptors (Lipinski definition) is 4. The molecule has 4 nitrogen and oxygen atoms in total. The number of rotatable bonds is 7. The van der Waals surface area contributed by atoms with Crippen molar-refractivity contribution in [3.63, 3.8) is 0 Å². The van der Waals surface area contributed by atoms with Gasteiger partial charge in [-0.25, -0.2) is 4.98 Å². The lowest BCUT2D eigenvalue weighted by molar-refractivity contribution is 0.401. The standard InChI is InChI=1S/C21H28N4S/c1-13(19-15-9-22-10-16(15)19)24-21(2,3)20-23-11-17-18(5-4-8-25(17)20)26-12-14-6-7-14/h4-5,8,11,14-16,19,22,24H,1,6-7,9-10,12H2,2-3H3. The summed E-state index contributed by atoms with van der Waals surface area (Å²) in [5.41, 5.74) is 2.16. The number of pyridine rings is 1. The molecule has 26 heavy (non-hydrogen) atoms. The lowest BCUT2D eigenvalue weighted by Gasteiger charge is -2.28. The molecule has 1 saturated heterocycles. The molecule has 5 heteroatoms. The van der Waals surface area contributed by atoms with E-state index in [0.29, 0.717) is 5.92 Å². The van der Waals surface area contributed by atoms with E-state index in [-0.39, 0.29) is 5.54 Å². The Morgan fingerprint density at radius 1 is 1.38 bits per heavy atom. The number of imidazole rings is 1. The van der Waals surface area contributed by atoms with Crippen LogP contribution < -0.4 is 10.6 Å². The Kier molecular flexibility index (Phi) is 3.87. The van der Waals surface area contributed by atoms with E-state index in [9.17, 15) is 0 Å². The zero-order valence-electron chi connectivity index (χ0n) is 15.7. The molecule has 2 aromatic heterocycles. The number of aromatic nitrogens is 2. The van der Waals surface area contributed by atoms with Crippen molar-refractivity contribution in [1.82, 2.24) is 20.0 Å². The highest BCUT2D eigenvalue weighted by Crippen LogP contribution is 2.52. The van der Waals surface area contributed by atoms with Gasteiger partial charge in [0, 0.05) is 28.5 Å². The molecule has 3 aliphatic rings. The Hall–Kier alpha value is -1.46. The second kappa shape index (κ2) is 6.03.